The SMILES string of the molecule is C[C@@H]1CNc2c(oc3ccc4nc(Oc5nc(Cl)nc6c5[C@H](F)[C@@H](F)C6)ccc4c23)C(=O)N1. The maximum Gasteiger partial charge on any atom is 0.289 e. The molecule has 1 aliphatic carbocycles. The summed E-state index contributed by atoms with van der Waals surface area (Å²) in [4.78, 5) is 24.8. The number of ether oxygens (including phenoxy) is 1. The number of pyridine rings is 1. The van der Waals surface area contributed by atoms with Crippen molar-refractivity contribution in [2.75, 3.05) is 11.9 Å². The summed E-state index contributed by atoms with van der Waals surface area (Å²) in [5.41, 5.74) is 1.83. The van der Waals surface area contributed by atoms with Crippen molar-refractivity contribution in [3.63, 3.8) is 0 Å². The Bertz CT molecular complexity index is 1460. The number of aromatic nitrogens is 3. The second-order valence-electron chi connectivity index (χ2n) is 8.10. The molecular formula is C22H16ClF2N5O3. The molecule has 0 spiro atoms. The average molecular weight is 472 g/mol. The van der Waals surface area contributed by atoms with Gasteiger partial charge in [-0.3, -0.25) is 4.79 Å². The van der Waals surface area contributed by atoms with Crippen molar-refractivity contribution in [2.24, 2.45) is 0 Å². The average Bonchev–Trinajstić information content (AvgIpc) is 3.24. The Labute approximate surface area is 190 Å². The molecule has 168 valence electrons. The quantitative estimate of drug-likeness (QED) is 0.410. The van der Waals surface area contributed by atoms with E-state index in [-0.39, 0.29) is 52.4 Å². The van der Waals surface area contributed by atoms with Gasteiger partial charge in [-0.25, -0.2) is 18.7 Å². The van der Waals surface area contributed by atoms with Crippen LogP contribution in [0.4, 0.5) is 14.5 Å². The van der Waals surface area contributed by atoms with Gasteiger partial charge in [0.25, 0.3) is 5.91 Å². The molecule has 4 heterocycles. The Balaban J connectivity index is 1.44. The zero-order valence-electron chi connectivity index (χ0n) is 17.2. The third-order valence-electron chi connectivity index (χ3n) is 5.81. The summed E-state index contributed by atoms with van der Waals surface area (Å²) in [6.07, 6.45) is -3.81. The number of amides is 1. The molecule has 0 saturated carbocycles. The first-order valence-electron chi connectivity index (χ1n) is 10.3. The maximum atomic E-state index is 14.4. The normalized spacial score (nSPS) is 21.9. The summed E-state index contributed by atoms with van der Waals surface area (Å²) in [5.74, 6) is -0.110. The molecule has 6 rings (SSSR count). The van der Waals surface area contributed by atoms with Gasteiger partial charge in [0.05, 0.1) is 27.8 Å². The van der Waals surface area contributed by atoms with Crippen LogP contribution in [0.15, 0.2) is 28.7 Å². The molecule has 0 bridgehead atoms. The molecule has 0 fully saturated rings. The van der Waals surface area contributed by atoms with Crippen molar-refractivity contribution in [2.45, 2.75) is 31.7 Å². The second-order valence-corrected chi connectivity index (χ2v) is 8.44. The van der Waals surface area contributed by atoms with Crippen LogP contribution in [0, 0.1) is 0 Å². The maximum absolute atomic E-state index is 14.4. The minimum atomic E-state index is -1.90. The van der Waals surface area contributed by atoms with E-state index in [1.54, 1.807) is 24.3 Å². The summed E-state index contributed by atoms with van der Waals surface area (Å²) in [6.45, 7) is 2.43. The van der Waals surface area contributed by atoms with Gasteiger partial charge in [0, 0.05) is 30.5 Å². The van der Waals surface area contributed by atoms with E-state index in [1.165, 1.54) is 0 Å². The summed E-state index contributed by atoms with van der Waals surface area (Å²) >= 11 is 5.92. The van der Waals surface area contributed by atoms with Crippen LogP contribution in [-0.4, -0.2) is 39.6 Å². The molecule has 33 heavy (non-hydrogen) atoms. The number of hydrogen-bond acceptors (Lipinski definition) is 7. The number of nitrogens with one attached hydrogen (secondary N) is 2. The van der Waals surface area contributed by atoms with Crippen LogP contribution in [0.25, 0.3) is 21.9 Å². The molecule has 2 N–H and O–H groups in total. The summed E-state index contributed by atoms with van der Waals surface area (Å²) in [7, 11) is 0. The lowest BCUT2D eigenvalue weighted by atomic mass is 10.1. The van der Waals surface area contributed by atoms with E-state index in [4.69, 9.17) is 20.8 Å². The number of rotatable bonds is 2. The van der Waals surface area contributed by atoms with E-state index in [0.717, 1.165) is 10.8 Å². The highest BCUT2D eigenvalue weighted by molar-refractivity contribution is 6.28. The molecule has 1 aromatic carbocycles. The first-order valence-corrected chi connectivity index (χ1v) is 10.7. The lowest BCUT2D eigenvalue weighted by Gasteiger charge is -2.11. The first kappa shape index (κ1) is 20.1. The van der Waals surface area contributed by atoms with E-state index in [1.807, 2.05) is 6.92 Å². The molecule has 0 unspecified atom stereocenters. The summed E-state index contributed by atoms with van der Waals surface area (Å²) < 4.78 is 39.8. The molecule has 8 nitrogen and oxygen atoms in total. The van der Waals surface area contributed by atoms with Gasteiger partial charge in [-0.1, -0.05) is 0 Å². The van der Waals surface area contributed by atoms with Crippen molar-refractivity contribution in [1.29, 1.82) is 0 Å². The summed E-state index contributed by atoms with van der Waals surface area (Å²) in [5, 5.41) is 7.43. The van der Waals surface area contributed by atoms with E-state index in [0.29, 0.717) is 23.3 Å². The lowest BCUT2D eigenvalue weighted by Crippen LogP contribution is -2.34. The topological polar surface area (TPSA) is 102 Å². The molecule has 0 saturated heterocycles. The van der Waals surface area contributed by atoms with Crippen LogP contribution < -0.4 is 15.4 Å². The molecule has 4 aromatic rings. The number of alkyl halides is 2. The van der Waals surface area contributed by atoms with Gasteiger partial charge in [-0.15, -0.1) is 0 Å². The monoisotopic (exact) mass is 471 g/mol. The first-order chi connectivity index (χ1) is 15.9. The number of furan rings is 1. The molecule has 1 aliphatic heterocycles. The predicted molar refractivity (Wildman–Crippen MR) is 116 cm³/mol. The fourth-order valence-electron chi connectivity index (χ4n) is 4.31. The molecule has 11 heteroatoms. The minimum absolute atomic E-state index is 0.0475. The van der Waals surface area contributed by atoms with Crippen LogP contribution in [0.5, 0.6) is 11.8 Å². The molecule has 3 atom stereocenters. The van der Waals surface area contributed by atoms with Gasteiger partial charge in [0.1, 0.15) is 11.8 Å². The highest BCUT2D eigenvalue weighted by atomic mass is 35.5. The van der Waals surface area contributed by atoms with Crippen LogP contribution in [0.3, 0.4) is 0 Å². The number of carbonyl (C=O) groups excluding carboxylic acids is 1. The van der Waals surface area contributed by atoms with Gasteiger partial charge in [-0.05, 0) is 36.7 Å². The zero-order valence-corrected chi connectivity index (χ0v) is 17.9. The van der Waals surface area contributed by atoms with E-state index < -0.39 is 12.3 Å². The van der Waals surface area contributed by atoms with E-state index in [2.05, 4.69) is 25.6 Å². The minimum Gasteiger partial charge on any atom is -0.449 e. The Morgan fingerprint density at radius 1 is 1.18 bits per heavy atom. The molecule has 0 radical (unpaired) electrons. The van der Waals surface area contributed by atoms with Crippen LogP contribution in [0.2, 0.25) is 5.28 Å². The molecule has 1 amide bonds. The van der Waals surface area contributed by atoms with Crippen molar-refractivity contribution in [3.8, 4) is 11.8 Å². The third-order valence-corrected chi connectivity index (χ3v) is 5.98. The standard InChI is InChI=1S/C22H16ClF2N5O3/c1-8-7-26-18-15-9-2-5-14(28-11(9)3-4-13(15)32-19(18)20(31)27-8)33-21-16-12(29-22(23)30-21)6-10(24)17(16)25/h2-5,8,10,17,26H,6-7H2,1H3,(H,27,31)/t8-,10+,17-/m1/s1. The predicted octanol–water partition coefficient (Wildman–Crippen LogP) is 4.67. The van der Waals surface area contributed by atoms with Gasteiger partial charge < -0.3 is 19.8 Å². The van der Waals surface area contributed by atoms with Crippen molar-refractivity contribution in [3.05, 3.63) is 46.6 Å². The Hall–Kier alpha value is -3.53. The van der Waals surface area contributed by atoms with Crippen molar-refractivity contribution >= 4 is 45.1 Å². The highest BCUT2D eigenvalue weighted by Gasteiger charge is 2.38. The fourth-order valence-corrected chi connectivity index (χ4v) is 4.49. The summed E-state index contributed by atoms with van der Waals surface area (Å²) in [6, 6.07) is 6.72. The number of benzene rings is 1. The van der Waals surface area contributed by atoms with Gasteiger partial charge in [-0.2, -0.15) is 4.98 Å². The molecular weight excluding hydrogens is 456 g/mol. The number of fused-ring (bicyclic) bond motifs is 6. The number of halogens is 3. The Morgan fingerprint density at radius 3 is 2.88 bits per heavy atom. The Morgan fingerprint density at radius 2 is 2.03 bits per heavy atom. The van der Waals surface area contributed by atoms with E-state index >= 15 is 0 Å². The zero-order chi connectivity index (χ0) is 22.9. The second kappa shape index (κ2) is 7.24. The number of hydrogen-bond donors (Lipinski definition) is 2. The van der Waals surface area contributed by atoms with Crippen LogP contribution in [-0.2, 0) is 6.42 Å². The van der Waals surface area contributed by atoms with Crippen LogP contribution >= 0.6 is 11.6 Å². The Kier molecular flexibility index (Phi) is 4.41. The fraction of sp³-hybridized carbons (Fsp3) is 0.273. The smallest absolute Gasteiger partial charge is 0.289 e. The van der Waals surface area contributed by atoms with E-state index in [9.17, 15) is 13.6 Å². The largest absolute Gasteiger partial charge is 0.449 e. The van der Waals surface area contributed by atoms with Crippen molar-refractivity contribution in [1.82, 2.24) is 20.3 Å². The molecule has 2 aliphatic rings. The lowest BCUT2D eigenvalue weighted by molar-refractivity contribution is 0.0920. The van der Waals surface area contributed by atoms with Gasteiger partial charge >= 0.3 is 0 Å². The number of carbonyl (C=O) groups is 1. The number of anilines is 1. The molecule has 3 aromatic heterocycles. The third kappa shape index (κ3) is 3.16. The van der Waals surface area contributed by atoms with Gasteiger partial charge in [0.2, 0.25) is 22.8 Å². The van der Waals surface area contributed by atoms with Crippen LogP contribution in [0.1, 0.15) is 34.9 Å². The number of nitrogens with zero attached hydrogens (tertiary/aromatic N) is 3. The highest BCUT2D eigenvalue weighted by Crippen LogP contribution is 2.42. The van der Waals surface area contributed by atoms with Crippen molar-refractivity contribution < 1.29 is 22.7 Å². The van der Waals surface area contributed by atoms with Gasteiger partial charge in [0.15, 0.2) is 6.17 Å².